The van der Waals surface area contributed by atoms with Gasteiger partial charge in [-0.2, -0.15) is 0 Å². The molecule has 130 valence electrons. The number of aliphatic carboxylic acids is 1. The van der Waals surface area contributed by atoms with Crippen LogP contribution in [0.2, 0.25) is 0 Å². The molecule has 5 nitrogen and oxygen atoms in total. The first-order chi connectivity index (χ1) is 11.5. The van der Waals surface area contributed by atoms with Crippen LogP contribution in [0.3, 0.4) is 0 Å². The Kier molecular flexibility index (Phi) is 5.14. The molecule has 2 atom stereocenters. The maximum Gasteiger partial charge on any atom is 0.326 e. The SMILES string of the molecule is O=C(O)[C@H]1CCCN1C(=O)C1CCCN(Cc2cccc(F)c2)C1. The molecule has 2 fully saturated rings. The van der Waals surface area contributed by atoms with E-state index in [0.717, 1.165) is 31.4 Å². The maximum absolute atomic E-state index is 13.3. The van der Waals surface area contributed by atoms with Crippen molar-refractivity contribution in [1.82, 2.24) is 9.80 Å². The van der Waals surface area contributed by atoms with Crippen molar-refractivity contribution >= 4 is 11.9 Å². The summed E-state index contributed by atoms with van der Waals surface area (Å²) >= 11 is 0. The molecule has 2 aliphatic rings. The number of likely N-dealkylation sites (tertiary alicyclic amines) is 2. The monoisotopic (exact) mass is 334 g/mol. The maximum atomic E-state index is 13.3. The molecular formula is C18H23FN2O3. The van der Waals surface area contributed by atoms with E-state index in [1.165, 1.54) is 12.1 Å². The van der Waals surface area contributed by atoms with Crippen molar-refractivity contribution in [3.8, 4) is 0 Å². The summed E-state index contributed by atoms with van der Waals surface area (Å²) in [6, 6.07) is 5.85. The lowest BCUT2D eigenvalue weighted by atomic mass is 9.95. The summed E-state index contributed by atoms with van der Waals surface area (Å²) in [4.78, 5) is 27.7. The van der Waals surface area contributed by atoms with Gasteiger partial charge < -0.3 is 10.0 Å². The second kappa shape index (κ2) is 7.30. The summed E-state index contributed by atoms with van der Waals surface area (Å²) in [6.07, 6.45) is 2.99. The van der Waals surface area contributed by atoms with E-state index >= 15 is 0 Å². The minimum absolute atomic E-state index is 0.0381. The highest BCUT2D eigenvalue weighted by Crippen LogP contribution is 2.25. The largest absolute Gasteiger partial charge is 0.480 e. The highest BCUT2D eigenvalue weighted by Gasteiger charge is 2.38. The van der Waals surface area contributed by atoms with E-state index in [4.69, 9.17) is 0 Å². The highest BCUT2D eigenvalue weighted by molar-refractivity contribution is 5.85. The first-order valence-corrected chi connectivity index (χ1v) is 8.54. The van der Waals surface area contributed by atoms with Crippen LogP contribution in [0.5, 0.6) is 0 Å². The van der Waals surface area contributed by atoms with Gasteiger partial charge in [0.05, 0.1) is 5.92 Å². The molecule has 1 unspecified atom stereocenters. The fourth-order valence-corrected chi connectivity index (χ4v) is 3.82. The Hall–Kier alpha value is -1.95. The van der Waals surface area contributed by atoms with E-state index in [1.54, 1.807) is 11.0 Å². The number of hydrogen-bond acceptors (Lipinski definition) is 3. The van der Waals surface area contributed by atoms with Crippen molar-refractivity contribution in [3.63, 3.8) is 0 Å². The van der Waals surface area contributed by atoms with Crippen LogP contribution in [0.25, 0.3) is 0 Å². The van der Waals surface area contributed by atoms with Gasteiger partial charge in [-0.25, -0.2) is 9.18 Å². The van der Waals surface area contributed by atoms with Gasteiger partial charge in [-0.3, -0.25) is 9.69 Å². The molecule has 2 saturated heterocycles. The Labute approximate surface area is 141 Å². The molecule has 1 aromatic rings. The standard InChI is InChI=1S/C18H23FN2O3/c19-15-6-1-4-13(10-15)11-20-8-2-5-14(12-20)17(22)21-9-3-7-16(21)18(23)24/h1,4,6,10,14,16H,2-3,5,7-9,11-12H2,(H,23,24)/t14?,16-/m1/s1. The number of amides is 1. The molecule has 6 heteroatoms. The van der Waals surface area contributed by atoms with E-state index in [2.05, 4.69) is 4.90 Å². The molecule has 24 heavy (non-hydrogen) atoms. The van der Waals surface area contributed by atoms with Gasteiger partial charge in [0.2, 0.25) is 5.91 Å². The van der Waals surface area contributed by atoms with E-state index in [9.17, 15) is 19.1 Å². The molecule has 0 aliphatic carbocycles. The van der Waals surface area contributed by atoms with Crippen LogP contribution in [0, 0.1) is 11.7 Å². The molecule has 2 aliphatic heterocycles. The molecule has 0 aromatic heterocycles. The zero-order valence-electron chi connectivity index (χ0n) is 13.7. The lowest BCUT2D eigenvalue weighted by molar-refractivity contribution is -0.150. The molecule has 2 heterocycles. The van der Waals surface area contributed by atoms with E-state index in [1.807, 2.05) is 6.07 Å². The van der Waals surface area contributed by atoms with Gasteiger partial charge in [-0.05, 0) is 49.9 Å². The number of piperidine rings is 1. The second-order valence-electron chi connectivity index (χ2n) is 6.73. The van der Waals surface area contributed by atoms with Crippen LogP contribution in [-0.4, -0.2) is 52.5 Å². The van der Waals surface area contributed by atoms with Gasteiger partial charge in [-0.1, -0.05) is 12.1 Å². The number of rotatable bonds is 4. The van der Waals surface area contributed by atoms with Crippen LogP contribution in [-0.2, 0) is 16.1 Å². The fourth-order valence-electron chi connectivity index (χ4n) is 3.82. The van der Waals surface area contributed by atoms with Gasteiger partial charge >= 0.3 is 5.97 Å². The Morgan fingerprint density at radius 3 is 2.75 bits per heavy atom. The normalized spacial score (nSPS) is 25.0. The van der Waals surface area contributed by atoms with Crippen molar-refractivity contribution in [2.24, 2.45) is 5.92 Å². The summed E-state index contributed by atoms with van der Waals surface area (Å²) in [7, 11) is 0. The van der Waals surface area contributed by atoms with Crippen molar-refractivity contribution in [2.45, 2.75) is 38.3 Å². The highest BCUT2D eigenvalue weighted by atomic mass is 19.1. The second-order valence-corrected chi connectivity index (χ2v) is 6.73. The molecule has 3 rings (SSSR count). The van der Waals surface area contributed by atoms with Crippen molar-refractivity contribution in [3.05, 3.63) is 35.6 Å². The Bertz CT molecular complexity index is 622. The summed E-state index contributed by atoms with van der Waals surface area (Å²) in [5.74, 6) is -1.36. The zero-order chi connectivity index (χ0) is 17.1. The van der Waals surface area contributed by atoms with Crippen LogP contribution in [0.15, 0.2) is 24.3 Å². The third-order valence-corrected chi connectivity index (χ3v) is 4.97. The van der Waals surface area contributed by atoms with Crippen molar-refractivity contribution < 1.29 is 19.1 Å². The smallest absolute Gasteiger partial charge is 0.326 e. The minimum atomic E-state index is -0.909. The number of halogens is 1. The molecule has 1 amide bonds. The number of benzene rings is 1. The van der Waals surface area contributed by atoms with Gasteiger partial charge in [-0.15, -0.1) is 0 Å². The molecule has 0 bridgehead atoms. The predicted molar refractivity (Wildman–Crippen MR) is 86.8 cm³/mol. The Balaban J connectivity index is 1.62. The summed E-state index contributed by atoms with van der Waals surface area (Å²) < 4.78 is 13.3. The summed E-state index contributed by atoms with van der Waals surface area (Å²) in [5, 5.41) is 9.26. The van der Waals surface area contributed by atoms with Crippen LogP contribution < -0.4 is 0 Å². The average molecular weight is 334 g/mol. The number of carbonyl (C=O) groups is 2. The van der Waals surface area contributed by atoms with Gasteiger partial charge in [0, 0.05) is 19.6 Å². The average Bonchev–Trinajstić information content (AvgIpc) is 3.04. The molecular weight excluding hydrogens is 311 g/mol. The summed E-state index contributed by atoms with van der Waals surface area (Å²) in [5.41, 5.74) is 0.896. The van der Waals surface area contributed by atoms with Gasteiger partial charge in [0.1, 0.15) is 11.9 Å². The van der Waals surface area contributed by atoms with Gasteiger partial charge in [0.25, 0.3) is 0 Å². The van der Waals surface area contributed by atoms with E-state index < -0.39 is 12.0 Å². The van der Waals surface area contributed by atoms with Crippen molar-refractivity contribution in [2.75, 3.05) is 19.6 Å². The first-order valence-electron chi connectivity index (χ1n) is 8.54. The zero-order valence-corrected chi connectivity index (χ0v) is 13.7. The van der Waals surface area contributed by atoms with E-state index in [0.29, 0.717) is 26.1 Å². The third-order valence-electron chi connectivity index (χ3n) is 4.97. The predicted octanol–water partition coefficient (Wildman–Crippen LogP) is 2.11. The minimum Gasteiger partial charge on any atom is -0.480 e. The number of nitrogens with zero attached hydrogens (tertiary/aromatic N) is 2. The number of carbonyl (C=O) groups excluding carboxylic acids is 1. The topological polar surface area (TPSA) is 60.9 Å². The number of carboxylic acids is 1. The lowest BCUT2D eigenvalue weighted by Gasteiger charge is -2.35. The molecule has 0 saturated carbocycles. The third kappa shape index (κ3) is 3.75. The Morgan fingerprint density at radius 1 is 1.21 bits per heavy atom. The van der Waals surface area contributed by atoms with Crippen LogP contribution >= 0.6 is 0 Å². The lowest BCUT2D eigenvalue weighted by Crippen LogP contribution is -2.48. The molecule has 0 spiro atoms. The first kappa shape index (κ1) is 16.9. The quantitative estimate of drug-likeness (QED) is 0.916. The van der Waals surface area contributed by atoms with Crippen LogP contribution in [0.4, 0.5) is 4.39 Å². The molecule has 1 aromatic carbocycles. The van der Waals surface area contributed by atoms with E-state index in [-0.39, 0.29) is 17.6 Å². The molecule has 1 N–H and O–H groups in total. The Morgan fingerprint density at radius 2 is 2.00 bits per heavy atom. The molecule has 0 radical (unpaired) electrons. The van der Waals surface area contributed by atoms with Gasteiger partial charge in [0.15, 0.2) is 0 Å². The fraction of sp³-hybridized carbons (Fsp3) is 0.556. The number of carboxylic acid groups (broad SMARTS) is 1. The number of hydrogen-bond donors (Lipinski definition) is 1. The van der Waals surface area contributed by atoms with Crippen LogP contribution in [0.1, 0.15) is 31.2 Å². The van der Waals surface area contributed by atoms with Crippen molar-refractivity contribution in [1.29, 1.82) is 0 Å². The summed E-state index contributed by atoms with van der Waals surface area (Å²) in [6.45, 7) is 2.64.